The van der Waals surface area contributed by atoms with E-state index in [9.17, 15) is 0 Å². The number of allylic oxidation sites excluding steroid dienone is 1. The molecule has 0 heterocycles. The Morgan fingerprint density at radius 2 is 2.21 bits per heavy atom. The highest BCUT2D eigenvalue weighted by Gasteiger charge is 2.19. The first kappa shape index (κ1) is 11.8. The summed E-state index contributed by atoms with van der Waals surface area (Å²) in [6, 6.07) is 0.860. The highest BCUT2D eigenvalue weighted by Crippen LogP contribution is 2.18. The highest BCUT2D eigenvalue weighted by molar-refractivity contribution is 4.99. The minimum Gasteiger partial charge on any atom is -0.314 e. The van der Waals surface area contributed by atoms with E-state index in [1.54, 1.807) is 5.57 Å². The molecule has 1 fully saturated rings. The zero-order valence-electron chi connectivity index (χ0n) is 9.97. The molecule has 0 saturated heterocycles. The topological polar surface area (TPSA) is 12.0 Å². The van der Waals surface area contributed by atoms with E-state index in [4.69, 9.17) is 0 Å². The van der Waals surface area contributed by atoms with Crippen LogP contribution in [0, 0.1) is 5.92 Å². The number of hydrogen-bond donors (Lipinski definition) is 1. The van der Waals surface area contributed by atoms with Crippen LogP contribution < -0.4 is 5.32 Å². The van der Waals surface area contributed by atoms with Gasteiger partial charge in [-0.05, 0) is 45.1 Å². The number of nitrogens with one attached hydrogen (secondary N) is 1. The van der Waals surface area contributed by atoms with Gasteiger partial charge in [0.15, 0.2) is 0 Å². The summed E-state index contributed by atoms with van der Waals surface area (Å²) < 4.78 is 0. The number of hydrogen-bond acceptors (Lipinski definition) is 1. The molecule has 0 aromatic rings. The summed E-state index contributed by atoms with van der Waals surface area (Å²) in [5, 5.41) is 3.53. The normalized spacial score (nSPS) is 19.8. The van der Waals surface area contributed by atoms with Crippen molar-refractivity contribution >= 4 is 0 Å². The molecule has 1 saturated carbocycles. The summed E-state index contributed by atoms with van der Waals surface area (Å²) in [4.78, 5) is 0. The molecular formula is C13H25N. The summed E-state index contributed by atoms with van der Waals surface area (Å²) in [5.74, 6) is 0.850. The molecule has 1 atom stereocenters. The van der Waals surface area contributed by atoms with Crippen molar-refractivity contribution in [1.29, 1.82) is 0 Å². The van der Waals surface area contributed by atoms with E-state index < -0.39 is 0 Å². The van der Waals surface area contributed by atoms with Crippen molar-refractivity contribution in [3.63, 3.8) is 0 Å². The maximum absolute atomic E-state index is 3.53. The molecule has 1 rings (SSSR count). The quantitative estimate of drug-likeness (QED) is 0.484. The Morgan fingerprint density at radius 3 is 2.79 bits per heavy atom. The Bertz CT molecular complexity index is 180. The SMILES string of the molecule is CCC(C)CC(C)=CCCNC1CC1. The fourth-order valence-corrected chi connectivity index (χ4v) is 1.67. The maximum Gasteiger partial charge on any atom is 0.00683 e. The van der Waals surface area contributed by atoms with Crippen molar-refractivity contribution in [2.45, 2.75) is 58.9 Å². The van der Waals surface area contributed by atoms with Crippen molar-refractivity contribution in [2.24, 2.45) is 5.92 Å². The molecule has 1 N–H and O–H groups in total. The Hall–Kier alpha value is -0.300. The molecule has 1 nitrogen and oxygen atoms in total. The van der Waals surface area contributed by atoms with Crippen molar-refractivity contribution in [3.05, 3.63) is 11.6 Å². The zero-order valence-corrected chi connectivity index (χ0v) is 9.97. The van der Waals surface area contributed by atoms with Crippen LogP contribution in [0.3, 0.4) is 0 Å². The van der Waals surface area contributed by atoms with Crippen molar-refractivity contribution in [1.82, 2.24) is 5.32 Å². The molecule has 1 aliphatic carbocycles. The summed E-state index contributed by atoms with van der Waals surface area (Å²) >= 11 is 0. The second-order valence-corrected chi connectivity index (χ2v) is 4.79. The average Bonchev–Trinajstić information content (AvgIpc) is 2.96. The van der Waals surface area contributed by atoms with E-state index in [0.29, 0.717) is 0 Å². The van der Waals surface area contributed by atoms with Gasteiger partial charge in [0.2, 0.25) is 0 Å². The lowest BCUT2D eigenvalue weighted by atomic mass is 9.99. The first-order valence-corrected chi connectivity index (χ1v) is 6.11. The standard InChI is InChI=1S/C13H25N/c1-4-11(2)10-12(3)6-5-9-14-13-7-8-13/h6,11,13-14H,4-5,7-10H2,1-3H3. The molecule has 0 spiro atoms. The van der Waals surface area contributed by atoms with Crippen LogP contribution in [0.2, 0.25) is 0 Å². The Labute approximate surface area is 89.0 Å². The predicted octanol–water partition coefficient (Wildman–Crippen LogP) is 3.51. The lowest BCUT2D eigenvalue weighted by molar-refractivity contribution is 0.555. The molecule has 0 aromatic heterocycles. The summed E-state index contributed by atoms with van der Waals surface area (Å²) in [7, 11) is 0. The van der Waals surface area contributed by atoms with Gasteiger partial charge < -0.3 is 5.32 Å². The van der Waals surface area contributed by atoms with E-state index in [1.807, 2.05) is 0 Å². The van der Waals surface area contributed by atoms with Gasteiger partial charge in [-0.3, -0.25) is 0 Å². The van der Waals surface area contributed by atoms with E-state index in [1.165, 1.54) is 38.6 Å². The number of rotatable bonds is 7. The third-order valence-corrected chi connectivity index (χ3v) is 3.01. The smallest absolute Gasteiger partial charge is 0.00683 e. The Morgan fingerprint density at radius 1 is 1.50 bits per heavy atom. The first-order chi connectivity index (χ1) is 6.72. The molecule has 82 valence electrons. The van der Waals surface area contributed by atoms with Crippen LogP contribution in [0.25, 0.3) is 0 Å². The highest BCUT2D eigenvalue weighted by atomic mass is 14.9. The van der Waals surface area contributed by atoms with E-state index in [0.717, 1.165) is 12.0 Å². The first-order valence-electron chi connectivity index (χ1n) is 6.11. The maximum atomic E-state index is 3.53. The van der Waals surface area contributed by atoms with Gasteiger partial charge in [-0.1, -0.05) is 31.9 Å². The Balaban J connectivity index is 2.02. The van der Waals surface area contributed by atoms with Crippen molar-refractivity contribution in [3.8, 4) is 0 Å². The van der Waals surface area contributed by atoms with Crippen LogP contribution in [0.4, 0.5) is 0 Å². The molecule has 1 aliphatic rings. The fraction of sp³-hybridized carbons (Fsp3) is 0.846. The van der Waals surface area contributed by atoms with Crippen molar-refractivity contribution < 1.29 is 0 Å². The summed E-state index contributed by atoms with van der Waals surface area (Å²) in [5.41, 5.74) is 1.57. The van der Waals surface area contributed by atoms with Crippen LogP contribution in [0.1, 0.15) is 52.9 Å². The zero-order chi connectivity index (χ0) is 10.4. The van der Waals surface area contributed by atoms with Gasteiger partial charge in [-0.15, -0.1) is 0 Å². The van der Waals surface area contributed by atoms with Gasteiger partial charge in [0.05, 0.1) is 0 Å². The molecule has 0 radical (unpaired) electrons. The predicted molar refractivity (Wildman–Crippen MR) is 63.5 cm³/mol. The van der Waals surface area contributed by atoms with Crippen LogP contribution in [-0.2, 0) is 0 Å². The van der Waals surface area contributed by atoms with Gasteiger partial charge in [0.1, 0.15) is 0 Å². The second kappa shape index (κ2) is 6.23. The molecule has 1 heteroatoms. The van der Waals surface area contributed by atoms with Crippen LogP contribution >= 0.6 is 0 Å². The van der Waals surface area contributed by atoms with E-state index in [-0.39, 0.29) is 0 Å². The van der Waals surface area contributed by atoms with Crippen LogP contribution in [-0.4, -0.2) is 12.6 Å². The van der Waals surface area contributed by atoms with Gasteiger partial charge in [-0.2, -0.15) is 0 Å². The van der Waals surface area contributed by atoms with E-state index >= 15 is 0 Å². The van der Waals surface area contributed by atoms with Crippen molar-refractivity contribution in [2.75, 3.05) is 6.54 Å². The van der Waals surface area contributed by atoms with Crippen LogP contribution in [0.15, 0.2) is 11.6 Å². The monoisotopic (exact) mass is 195 g/mol. The summed E-state index contributed by atoms with van der Waals surface area (Å²) in [6.07, 6.45) is 8.98. The Kier molecular flexibility index (Phi) is 5.24. The molecule has 0 aromatic carbocycles. The van der Waals surface area contributed by atoms with Crippen LogP contribution in [0.5, 0.6) is 0 Å². The fourth-order valence-electron chi connectivity index (χ4n) is 1.67. The van der Waals surface area contributed by atoms with E-state index in [2.05, 4.69) is 32.2 Å². The van der Waals surface area contributed by atoms with Gasteiger partial charge in [0, 0.05) is 6.04 Å². The second-order valence-electron chi connectivity index (χ2n) is 4.79. The third kappa shape index (κ3) is 5.43. The summed E-state index contributed by atoms with van der Waals surface area (Å²) in [6.45, 7) is 8.04. The minimum atomic E-state index is 0.850. The lowest BCUT2D eigenvalue weighted by Gasteiger charge is -2.08. The molecule has 14 heavy (non-hydrogen) atoms. The average molecular weight is 195 g/mol. The molecule has 0 amide bonds. The van der Waals surface area contributed by atoms with Gasteiger partial charge in [-0.25, -0.2) is 0 Å². The van der Waals surface area contributed by atoms with Gasteiger partial charge >= 0.3 is 0 Å². The molecule has 1 unspecified atom stereocenters. The molecular weight excluding hydrogens is 170 g/mol. The molecule has 0 aliphatic heterocycles. The third-order valence-electron chi connectivity index (χ3n) is 3.01. The largest absolute Gasteiger partial charge is 0.314 e. The molecule has 0 bridgehead atoms. The lowest BCUT2D eigenvalue weighted by Crippen LogP contribution is -2.16. The van der Waals surface area contributed by atoms with Gasteiger partial charge in [0.25, 0.3) is 0 Å². The minimum absolute atomic E-state index is 0.850.